The summed E-state index contributed by atoms with van der Waals surface area (Å²) in [7, 11) is 0. The van der Waals surface area contributed by atoms with Gasteiger partial charge in [0.2, 0.25) is 0 Å². The summed E-state index contributed by atoms with van der Waals surface area (Å²) in [4.78, 5) is 24.1. The zero-order valence-corrected chi connectivity index (χ0v) is 9.36. The Hall–Kier alpha value is -1.76. The SMILES string of the molecule is O=c1cnn(-c2ccc(Br)cc2F)c(=O)[nH]1. The lowest BCUT2D eigenvalue weighted by atomic mass is 10.3. The van der Waals surface area contributed by atoms with Gasteiger partial charge in [-0.2, -0.15) is 9.78 Å². The Bertz CT molecular complexity index is 650. The first-order valence-electron chi connectivity index (χ1n) is 4.22. The van der Waals surface area contributed by atoms with Crippen molar-refractivity contribution < 1.29 is 4.39 Å². The fourth-order valence-corrected chi connectivity index (χ4v) is 1.51. The number of benzene rings is 1. The Morgan fingerprint density at radius 2 is 2.12 bits per heavy atom. The molecule has 0 spiro atoms. The molecular formula is C9H5BrFN3O2. The van der Waals surface area contributed by atoms with Gasteiger partial charge in [-0.25, -0.2) is 9.18 Å². The Labute approximate surface area is 96.7 Å². The van der Waals surface area contributed by atoms with E-state index in [2.05, 4.69) is 21.0 Å². The molecule has 2 aromatic rings. The predicted octanol–water partition coefficient (Wildman–Crippen LogP) is 0.822. The largest absolute Gasteiger partial charge is 0.349 e. The molecular weight excluding hydrogens is 281 g/mol. The van der Waals surface area contributed by atoms with Crippen LogP contribution in [0, 0.1) is 5.82 Å². The molecule has 16 heavy (non-hydrogen) atoms. The van der Waals surface area contributed by atoms with Gasteiger partial charge in [-0.15, -0.1) is 0 Å². The van der Waals surface area contributed by atoms with Gasteiger partial charge in [0.1, 0.15) is 17.7 Å². The van der Waals surface area contributed by atoms with E-state index in [0.717, 1.165) is 10.9 Å². The van der Waals surface area contributed by atoms with Crippen molar-refractivity contribution in [2.75, 3.05) is 0 Å². The van der Waals surface area contributed by atoms with Crippen molar-refractivity contribution in [1.82, 2.24) is 14.8 Å². The average Bonchev–Trinajstić information content (AvgIpc) is 2.19. The molecule has 1 N–H and O–H groups in total. The molecule has 0 fully saturated rings. The minimum Gasteiger partial charge on any atom is -0.271 e. The Balaban J connectivity index is 2.68. The minimum atomic E-state index is -0.784. The first-order chi connectivity index (χ1) is 7.58. The Morgan fingerprint density at radius 3 is 2.75 bits per heavy atom. The molecule has 0 unspecified atom stereocenters. The highest BCUT2D eigenvalue weighted by atomic mass is 79.9. The van der Waals surface area contributed by atoms with Crippen LogP contribution in [0.2, 0.25) is 0 Å². The van der Waals surface area contributed by atoms with E-state index in [0.29, 0.717) is 4.47 Å². The van der Waals surface area contributed by atoms with Crippen molar-refractivity contribution in [3.63, 3.8) is 0 Å². The van der Waals surface area contributed by atoms with E-state index in [9.17, 15) is 14.0 Å². The van der Waals surface area contributed by atoms with Crippen LogP contribution in [0.25, 0.3) is 5.69 Å². The zero-order valence-electron chi connectivity index (χ0n) is 7.78. The van der Waals surface area contributed by atoms with Crippen LogP contribution in [0.5, 0.6) is 0 Å². The number of H-pyrrole nitrogens is 1. The smallest absolute Gasteiger partial charge is 0.271 e. The van der Waals surface area contributed by atoms with Crippen LogP contribution in [-0.2, 0) is 0 Å². The number of rotatable bonds is 1. The van der Waals surface area contributed by atoms with Crippen LogP contribution >= 0.6 is 15.9 Å². The van der Waals surface area contributed by atoms with Crippen LogP contribution in [0.3, 0.4) is 0 Å². The van der Waals surface area contributed by atoms with E-state index < -0.39 is 17.1 Å². The summed E-state index contributed by atoms with van der Waals surface area (Å²) in [5, 5.41) is 3.54. The molecule has 0 aliphatic rings. The van der Waals surface area contributed by atoms with Crippen LogP contribution in [0.1, 0.15) is 0 Å². The van der Waals surface area contributed by atoms with Crippen LogP contribution in [-0.4, -0.2) is 14.8 Å². The summed E-state index contributed by atoms with van der Waals surface area (Å²) in [5.74, 6) is -0.615. The zero-order chi connectivity index (χ0) is 11.7. The van der Waals surface area contributed by atoms with E-state index in [4.69, 9.17) is 0 Å². The molecule has 0 aliphatic heterocycles. The van der Waals surface area contributed by atoms with Crippen molar-refractivity contribution in [2.24, 2.45) is 0 Å². The second-order valence-corrected chi connectivity index (χ2v) is 3.86. The molecule has 7 heteroatoms. The number of hydrogen-bond donors (Lipinski definition) is 1. The number of aromatic amines is 1. The van der Waals surface area contributed by atoms with E-state index in [1.54, 1.807) is 6.07 Å². The second kappa shape index (κ2) is 4.01. The van der Waals surface area contributed by atoms with E-state index >= 15 is 0 Å². The number of hydrogen-bond acceptors (Lipinski definition) is 3. The molecule has 0 saturated carbocycles. The molecule has 5 nitrogen and oxygen atoms in total. The molecule has 0 atom stereocenters. The van der Waals surface area contributed by atoms with Gasteiger partial charge in [0.05, 0.1) is 0 Å². The lowest BCUT2D eigenvalue weighted by Gasteiger charge is -2.04. The summed E-state index contributed by atoms with van der Waals surface area (Å²) in [6, 6.07) is 4.15. The lowest BCUT2D eigenvalue weighted by molar-refractivity contribution is 0.599. The monoisotopic (exact) mass is 285 g/mol. The maximum Gasteiger partial charge on any atom is 0.349 e. The minimum absolute atomic E-state index is 0.0237. The summed E-state index contributed by atoms with van der Waals surface area (Å²) >= 11 is 3.09. The highest BCUT2D eigenvalue weighted by Crippen LogP contribution is 2.16. The topological polar surface area (TPSA) is 67.8 Å². The Kier molecular flexibility index (Phi) is 2.69. The van der Waals surface area contributed by atoms with Gasteiger partial charge < -0.3 is 0 Å². The number of nitrogens with zero attached hydrogens (tertiary/aromatic N) is 2. The quantitative estimate of drug-likeness (QED) is 0.844. The molecule has 82 valence electrons. The molecule has 1 aromatic carbocycles. The Morgan fingerprint density at radius 1 is 1.38 bits per heavy atom. The van der Waals surface area contributed by atoms with Crippen LogP contribution < -0.4 is 11.2 Å². The molecule has 0 saturated heterocycles. The highest BCUT2D eigenvalue weighted by Gasteiger charge is 2.07. The first kappa shape index (κ1) is 10.7. The van der Waals surface area contributed by atoms with Crippen LogP contribution in [0.15, 0.2) is 38.5 Å². The fourth-order valence-electron chi connectivity index (χ4n) is 1.18. The van der Waals surface area contributed by atoms with Gasteiger partial charge in [0.25, 0.3) is 5.56 Å². The van der Waals surface area contributed by atoms with Gasteiger partial charge in [-0.3, -0.25) is 9.78 Å². The summed E-state index contributed by atoms with van der Waals surface area (Å²) < 4.78 is 14.8. The molecule has 0 aliphatic carbocycles. The molecule has 1 heterocycles. The van der Waals surface area contributed by atoms with Gasteiger partial charge in [0, 0.05) is 4.47 Å². The van der Waals surface area contributed by atoms with Crippen molar-refractivity contribution in [3.05, 3.63) is 55.5 Å². The third-order valence-corrected chi connectivity index (χ3v) is 2.34. The van der Waals surface area contributed by atoms with Gasteiger partial charge in [-0.1, -0.05) is 15.9 Å². The van der Waals surface area contributed by atoms with E-state index in [-0.39, 0.29) is 5.69 Å². The molecule has 0 amide bonds. The summed E-state index contributed by atoms with van der Waals surface area (Å²) in [6.07, 6.45) is 0.906. The molecule has 1 aromatic heterocycles. The standard InChI is InChI=1S/C9H5BrFN3O2/c10-5-1-2-7(6(11)3-5)14-9(16)13-8(15)4-12-14/h1-4H,(H,13,15,16). The lowest BCUT2D eigenvalue weighted by Crippen LogP contribution is -2.30. The normalized spacial score (nSPS) is 10.4. The number of nitrogens with one attached hydrogen (secondary N) is 1. The molecule has 0 radical (unpaired) electrons. The predicted molar refractivity (Wildman–Crippen MR) is 58.1 cm³/mol. The molecule has 2 rings (SSSR count). The highest BCUT2D eigenvalue weighted by molar-refractivity contribution is 9.10. The number of halogens is 2. The van der Waals surface area contributed by atoms with Crippen molar-refractivity contribution in [2.45, 2.75) is 0 Å². The van der Waals surface area contributed by atoms with Gasteiger partial charge in [0.15, 0.2) is 0 Å². The fraction of sp³-hybridized carbons (Fsp3) is 0. The van der Waals surface area contributed by atoms with Gasteiger partial charge >= 0.3 is 5.69 Å². The average molecular weight is 286 g/mol. The molecule has 0 bridgehead atoms. The van der Waals surface area contributed by atoms with Crippen molar-refractivity contribution in [3.8, 4) is 5.69 Å². The van der Waals surface area contributed by atoms with Crippen LogP contribution in [0.4, 0.5) is 4.39 Å². The summed E-state index contributed by atoms with van der Waals surface area (Å²) in [6.45, 7) is 0. The third kappa shape index (κ3) is 1.94. The van der Waals surface area contributed by atoms with Gasteiger partial charge in [-0.05, 0) is 18.2 Å². The number of aromatic nitrogens is 3. The van der Waals surface area contributed by atoms with E-state index in [1.165, 1.54) is 12.1 Å². The second-order valence-electron chi connectivity index (χ2n) is 2.95. The summed E-state index contributed by atoms with van der Waals surface area (Å²) in [5.41, 5.74) is -1.43. The van der Waals surface area contributed by atoms with Crippen molar-refractivity contribution >= 4 is 15.9 Å². The maximum atomic E-state index is 13.5. The first-order valence-corrected chi connectivity index (χ1v) is 5.01. The van der Waals surface area contributed by atoms with E-state index in [1.807, 2.05) is 4.98 Å². The van der Waals surface area contributed by atoms with Crippen molar-refractivity contribution in [1.29, 1.82) is 0 Å². The third-order valence-electron chi connectivity index (χ3n) is 1.85. The maximum absolute atomic E-state index is 13.5.